The highest BCUT2D eigenvalue weighted by molar-refractivity contribution is 5.98. The molecule has 0 saturated heterocycles. The summed E-state index contributed by atoms with van der Waals surface area (Å²) in [5.41, 5.74) is 1.64. The van der Waals surface area contributed by atoms with Crippen LogP contribution in [0.2, 0.25) is 0 Å². The number of benzene rings is 2. The summed E-state index contributed by atoms with van der Waals surface area (Å²) < 4.78 is 5.04. The van der Waals surface area contributed by atoms with E-state index in [0.29, 0.717) is 0 Å². The van der Waals surface area contributed by atoms with E-state index in [0.717, 1.165) is 11.1 Å². The van der Waals surface area contributed by atoms with Crippen LogP contribution in [-0.2, 0) is 19.1 Å². The van der Waals surface area contributed by atoms with Crippen molar-refractivity contribution in [3.05, 3.63) is 77.5 Å². The standard InChI is InChI=1S/C21H22N2O4/c1-15(18-11-7-4-8-12-18)22-20(25)14-27-21(26)19(23-16(2)24)13-17-9-5-3-6-10-17/h3-13,15H,14H2,1-2H3,(H,22,25)(H,23,24)/b19-13-/t15-/m1/s1. The van der Waals surface area contributed by atoms with Crippen LogP contribution in [0.25, 0.3) is 6.08 Å². The molecule has 140 valence electrons. The van der Waals surface area contributed by atoms with Crippen molar-refractivity contribution in [1.82, 2.24) is 10.6 Å². The van der Waals surface area contributed by atoms with Gasteiger partial charge in [0.15, 0.2) is 6.61 Å². The molecule has 0 aliphatic carbocycles. The van der Waals surface area contributed by atoms with Gasteiger partial charge in [0.2, 0.25) is 5.91 Å². The molecule has 0 heterocycles. The molecule has 2 rings (SSSR count). The van der Waals surface area contributed by atoms with Gasteiger partial charge in [-0.15, -0.1) is 0 Å². The minimum Gasteiger partial charge on any atom is -0.451 e. The fourth-order valence-corrected chi connectivity index (χ4v) is 2.37. The Morgan fingerprint density at radius 2 is 1.59 bits per heavy atom. The Labute approximate surface area is 158 Å². The Hall–Kier alpha value is -3.41. The molecule has 0 fully saturated rings. The van der Waals surface area contributed by atoms with Gasteiger partial charge < -0.3 is 15.4 Å². The summed E-state index contributed by atoms with van der Waals surface area (Å²) in [4.78, 5) is 35.6. The van der Waals surface area contributed by atoms with Gasteiger partial charge in [-0.25, -0.2) is 4.79 Å². The summed E-state index contributed by atoms with van der Waals surface area (Å²) in [5, 5.41) is 5.19. The SMILES string of the molecule is CC(=O)N/C(=C\c1ccccc1)C(=O)OCC(=O)N[C@H](C)c1ccccc1. The second kappa shape index (κ2) is 9.91. The number of esters is 1. The van der Waals surface area contributed by atoms with Gasteiger partial charge in [-0.05, 0) is 24.1 Å². The van der Waals surface area contributed by atoms with Crippen molar-refractivity contribution in [1.29, 1.82) is 0 Å². The van der Waals surface area contributed by atoms with Crippen LogP contribution in [-0.4, -0.2) is 24.4 Å². The summed E-state index contributed by atoms with van der Waals surface area (Å²) in [6.45, 7) is 2.69. The van der Waals surface area contributed by atoms with Crippen LogP contribution in [0.4, 0.5) is 0 Å². The van der Waals surface area contributed by atoms with Crippen LogP contribution >= 0.6 is 0 Å². The van der Waals surface area contributed by atoms with Gasteiger partial charge >= 0.3 is 5.97 Å². The van der Waals surface area contributed by atoms with E-state index in [-0.39, 0.29) is 11.7 Å². The molecule has 0 bridgehead atoms. The lowest BCUT2D eigenvalue weighted by atomic mass is 10.1. The van der Waals surface area contributed by atoms with Crippen molar-refractivity contribution in [3.8, 4) is 0 Å². The molecule has 0 unspecified atom stereocenters. The van der Waals surface area contributed by atoms with Crippen molar-refractivity contribution < 1.29 is 19.1 Å². The van der Waals surface area contributed by atoms with E-state index in [2.05, 4.69) is 10.6 Å². The third kappa shape index (κ3) is 6.78. The van der Waals surface area contributed by atoms with Gasteiger partial charge in [-0.2, -0.15) is 0 Å². The lowest BCUT2D eigenvalue weighted by Gasteiger charge is -2.14. The van der Waals surface area contributed by atoms with Crippen molar-refractivity contribution in [2.75, 3.05) is 6.61 Å². The van der Waals surface area contributed by atoms with Crippen LogP contribution in [0.5, 0.6) is 0 Å². The average molecular weight is 366 g/mol. The highest BCUT2D eigenvalue weighted by atomic mass is 16.5. The summed E-state index contributed by atoms with van der Waals surface area (Å²) in [7, 11) is 0. The Morgan fingerprint density at radius 3 is 2.19 bits per heavy atom. The number of hydrogen-bond donors (Lipinski definition) is 2. The Kier molecular flexibility index (Phi) is 7.31. The molecule has 6 nitrogen and oxygen atoms in total. The molecule has 27 heavy (non-hydrogen) atoms. The third-order valence-corrected chi connectivity index (χ3v) is 3.65. The average Bonchev–Trinajstić information content (AvgIpc) is 2.66. The zero-order chi connectivity index (χ0) is 19.6. The normalized spacial score (nSPS) is 12.0. The summed E-state index contributed by atoms with van der Waals surface area (Å²) in [6.07, 6.45) is 1.49. The second-order valence-electron chi connectivity index (χ2n) is 5.93. The van der Waals surface area contributed by atoms with E-state index in [9.17, 15) is 14.4 Å². The predicted molar refractivity (Wildman–Crippen MR) is 102 cm³/mol. The van der Waals surface area contributed by atoms with Gasteiger partial charge in [-0.1, -0.05) is 60.7 Å². The Morgan fingerprint density at radius 1 is 1.00 bits per heavy atom. The van der Waals surface area contributed by atoms with E-state index < -0.39 is 24.4 Å². The van der Waals surface area contributed by atoms with Crippen LogP contribution in [0, 0.1) is 0 Å². The molecule has 2 aromatic rings. The lowest BCUT2D eigenvalue weighted by Crippen LogP contribution is -2.33. The van der Waals surface area contributed by atoms with Gasteiger partial charge in [0, 0.05) is 6.92 Å². The first-order chi connectivity index (χ1) is 13.0. The smallest absolute Gasteiger partial charge is 0.355 e. The number of nitrogens with one attached hydrogen (secondary N) is 2. The predicted octanol–water partition coefficient (Wildman–Crippen LogP) is 2.58. The fourth-order valence-electron chi connectivity index (χ4n) is 2.37. The van der Waals surface area contributed by atoms with Crippen LogP contribution in [0.15, 0.2) is 66.4 Å². The second-order valence-corrected chi connectivity index (χ2v) is 5.93. The topological polar surface area (TPSA) is 84.5 Å². The molecule has 0 aliphatic heterocycles. The Balaban J connectivity index is 1.95. The number of hydrogen-bond acceptors (Lipinski definition) is 4. The van der Waals surface area contributed by atoms with Gasteiger partial charge in [0.25, 0.3) is 5.91 Å². The van der Waals surface area contributed by atoms with Gasteiger partial charge in [-0.3, -0.25) is 9.59 Å². The van der Waals surface area contributed by atoms with Crippen molar-refractivity contribution in [2.45, 2.75) is 19.9 Å². The molecule has 6 heteroatoms. The lowest BCUT2D eigenvalue weighted by molar-refractivity contribution is -0.145. The summed E-state index contributed by atoms with van der Waals surface area (Å²) in [5.74, 6) is -1.62. The number of rotatable bonds is 7. The minimum atomic E-state index is -0.781. The fraction of sp³-hybridized carbons (Fsp3) is 0.190. The maximum Gasteiger partial charge on any atom is 0.355 e. The summed E-state index contributed by atoms with van der Waals surface area (Å²) in [6, 6.07) is 18.2. The molecule has 2 amide bonds. The molecule has 0 aromatic heterocycles. The van der Waals surface area contributed by atoms with Crippen LogP contribution < -0.4 is 10.6 Å². The van der Waals surface area contributed by atoms with E-state index in [1.807, 2.05) is 43.3 Å². The molecule has 2 N–H and O–H groups in total. The number of ether oxygens (including phenoxy) is 1. The van der Waals surface area contributed by atoms with Gasteiger partial charge in [0.1, 0.15) is 5.70 Å². The minimum absolute atomic E-state index is 0.0300. The molecule has 0 spiro atoms. The van der Waals surface area contributed by atoms with Crippen LogP contribution in [0.1, 0.15) is 31.0 Å². The zero-order valence-electron chi connectivity index (χ0n) is 15.3. The maximum absolute atomic E-state index is 12.3. The largest absolute Gasteiger partial charge is 0.451 e. The van der Waals surface area contributed by atoms with E-state index in [1.165, 1.54) is 13.0 Å². The van der Waals surface area contributed by atoms with E-state index in [4.69, 9.17) is 4.74 Å². The molecule has 0 aliphatic rings. The third-order valence-electron chi connectivity index (χ3n) is 3.65. The van der Waals surface area contributed by atoms with E-state index >= 15 is 0 Å². The first-order valence-corrected chi connectivity index (χ1v) is 8.51. The van der Waals surface area contributed by atoms with Gasteiger partial charge in [0.05, 0.1) is 6.04 Å². The molecule has 2 aromatic carbocycles. The van der Waals surface area contributed by atoms with Crippen molar-refractivity contribution in [2.24, 2.45) is 0 Å². The highest BCUT2D eigenvalue weighted by Crippen LogP contribution is 2.11. The molecular weight excluding hydrogens is 344 g/mol. The number of carbonyl (C=O) groups excluding carboxylic acids is 3. The van der Waals surface area contributed by atoms with Crippen molar-refractivity contribution in [3.63, 3.8) is 0 Å². The first-order valence-electron chi connectivity index (χ1n) is 8.51. The monoisotopic (exact) mass is 366 g/mol. The molecule has 0 saturated carbocycles. The maximum atomic E-state index is 12.3. The summed E-state index contributed by atoms with van der Waals surface area (Å²) >= 11 is 0. The highest BCUT2D eigenvalue weighted by Gasteiger charge is 2.16. The number of amides is 2. The number of carbonyl (C=O) groups is 3. The molecule has 1 atom stereocenters. The van der Waals surface area contributed by atoms with E-state index in [1.54, 1.807) is 24.3 Å². The first kappa shape index (κ1) is 19.9. The zero-order valence-corrected chi connectivity index (χ0v) is 15.3. The van der Waals surface area contributed by atoms with Crippen LogP contribution in [0.3, 0.4) is 0 Å². The Bertz CT molecular complexity index is 817. The molecule has 0 radical (unpaired) electrons. The quantitative estimate of drug-likeness (QED) is 0.583. The molecular formula is C21H22N2O4. The van der Waals surface area contributed by atoms with Crippen molar-refractivity contribution >= 4 is 23.9 Å².